The Morgan fingerprint density at radius 3 is 2.31 bits per heavy atom. The summed E-state index contributed by atoms with van der Waals surface area (Å²) in [5, 5.41) is 8.19. The average Bonchev–Trinajstić information content (AvgIpc) is 3.07. The first-order valence-electron chi connectivity index (χ1n) is 8.24. The van der Waals surface area contributed by atoms with Crippen LogP contribution in [-0.4, -0.2) is 16.8 Å². The van der Waals surface area contributed by atoms with E-state index in [1.54, 1.807) is 12.1 Å². The second-order valence-electron chi connectivity index (χ2n) is 5.85. The highest BCUT2D eigenvalue weighted by Crippen LogP contribution is 2.20. The number of anilines is 1. The molecule has 5 nitrogen and oxygen atoms in total. The van der Waals surface area contributed by atoms with Crippen molar-refractivity contribution in [3.63, 3.8) is 0 Å². The summed E-state index contributed by atoms with van der Waals surface area (Å²) < 4.78 is 0. The van der Waals surface area contributed by atoms with Gasteiger partial charge in [-0.2, -0.15) is 0 Å². The number of hydrogen-bond acceptors (Lipinski definition) is 4. The molecule has 2 aromatic carbocycles. The van der Waals surface area contributed by atoms with Gasteiger partial charge in [0.1, 0.15) is 0 Å². The van der Waals surface area contributed by atoms with Crippen molar-refractivity contribution >= 4 is 28.3 Å². The minimum Gasteiger partial charge on any atom is -0.345 e. The minimum atomic E-state index is -0.426. The third-order valence-electron chi connectivity index (χ3n) is 3.80. The van der Waals surface area contributed by atoms with Crippen LogP contribution in [0, 0.1) is 6.92 Å². The Bertz CT molecular complexity index is 878. The summed E-state index contributed by atoms with van der Waals surface area (Å²) in [6.45, 7) is 1.87. The molecule has 0 saturated carbocycles. The second kappa shape index (κ2) is 8.40. The van der Waals surface area contributed by atoms with E-state index in [0.29, 0.717) is 10.7 Å². The van der Waals surface area contributed by atoms with E-state index >= 15 is 0 Å². The predicted molar refractivity (Wildman–Crippen MR) is 103 cm³/mol. The van der Waals surface area contributed by atoms with Crippen LogP contribution in [0.3, 0.4) is 0 Å². The number of aromatic nitrogens is 1. The molecule has 6 heteroatoms. The van der Waals surface area contributed by atoms with Crippen LogP contribution in [-0.2, 0) is 4.79 Å². The van der Waals surface area contributed by atoms with Crippen LogP contribution in [0.4, 0.5) is 5.13 Å². The molecular weight excluding hydrogens is 346 g/mol. The maximum atomic E-state index is 12.5. The molecule has 0 bridgehead atoms. The Morgan fingerprint density at radius 1 is 1.04 bits per heavy atom. The number of nitrogens with zero attached hydrogens (tertiary/aromatic N) is 1. The van der Waals surface area contributed by atoms with E-state index in [1.165, 1.54) is 11.3 Å². The van der Waals surface area contributed by atoms with Gasteiger partial charge in [0.05, 0.1) is 18.2 Å². The number of amides is 2. The first-order valence-corrected chi connectivity index (χ1v) is 9.12. The molecule has 0 radical (unpaired) electrons. The van der Waals surface area contributed by atoms with Gasteiger partial charge in [0.25, 0.3) is 5.91 Å². The number of benzene rings is 2. The van der Waals surface area contributed by atoms with E-state index in [4.69, 9.17) is 0 Å². The second-order valence-corrected chi connectivity index (χ2v) is 6.71. The Hall–Kier alpha value is -2.99. The molecular formula is C20H19N3O2S. The molecule has 2 amide bonds. The van der Waals surface area contributed by atoms with Gasteiger partial charge in [0, 0.05) is 10.9 Å². The van der Waals surface area contributed by atoms with Crippen molar-refractivity contribution in [2.45, 2.75) is 19.4 Å². The van der Waals surface area contributed by atoms with Gasteiger partial charge in [-0.3, -0.25) is 9.59 Å². The fourth-order valence-corrected chi connectivity index (χ4v) is 3.24. The topological polar surface area (TPSA) is 71.1 Å². The molecule has 132 valence electrons. The van der Waals surface area contributed by atoms with Crippen molar-refractivity contribution in [1.29, 1.82) is 0 Å². The van der Waals surface area contributed by atoms with Crippen molar-refractivity contribution in [3.8, 4) is 0 Å². The Balaban J connectivity index is 1.73. The summed E-state index contributed by atoms with van der Waals surface area (Å²) in [6, 6.07) is 18.0. The number of aryl methyl sites for hydroxylation is 1. The third kappa shape index (κ3) is 4.77. The molecule has 1 atom stereocenters. The van der Waals surface area contributed by atoms with E-state index in [9.17, 15) is 9.59 Å². The van der Waals surface area contributed by atoms with Gasteiger partial charge in [-0.25, -0.2) is 4.98 Å². The van der Waals surface area contributed by atoms with Crippen molar-refractivity contribution < 1.29 is 9.59 Å². The van der Waals surface area contributed by atoms with Gasteiger partial charge in [-0.1, -0.05) is 48.5 Å². The van der Waals surface area contributed by atoms with Gasteiger partial charge in [0.2, 0.25) is 5.91 Å². The lowest BCUT2D eigenvalue weighted by Gasteiger charge is -2.19. The zero-order chi connectivity index (χ0) is 18.4. The van der Waals surface area contributed by atoms with E-state index in [-0.39, 0.29) is 18.2 Å². The molecule has 0 fully saturated rings. The molecule has 0 unspecified atom stereocenters. The van der Waals surface area contributed by atoms with E-state index < -0.39 is 6.04 Å². The maximum absolute atomic E-state index is 12.5. The Kier molecular flexibility index (Phi) is 5.76. The number of nitrogens with one attached hydrogen (secondary N) is 2. The van der Waals surface area contributed by atoms with Crippen LogP contribution in [0.5, 0.6) is 0 Å². The lowest BCUT2D eigenvalue weighted by molar-refractivity contribution is -0.116. The molecule has 2 N–H and O–H groups in total. The summed E-state index contributed by atoms with van der Waals surface area (Å²) in [4.78, 5) is 29.2. The quantitative estimate of drug-likeness (QED) is 0.695. The molecule has 1 heterocycles. The monoisotopic (exact) mass is 365 g/mol. The lowest BCUT2D eigenvalue weighted by atomic mass is 10.0. The summed E-state index contributed by atoms with van der Waals surface area (Å²) >= 11 is 1.38. The maximum Gasteiger partial charge on any atom is 0.251 e. The minimum absolute atomic E-state index is 0.126. The first kappa shape index (κ1) is 17.8. The Morgan fingerprint density at radius 2 is 1.69 bits per heavy atom. The highest BCUT2D eigenvalue weighted by atomic mass is 32.1. The van der Waals surface area contributed by atoms with Crippen molar-refractivity contribution in [2.75, 3.05) is 5.32 Å². The molecule has 0 saturated heterocycles. The molecule has 1 aromatic heterocycles. The number of hydrogen-bond donors (Lipinski definition) is 2. The Labute approximate surface area is 156 Å². The molecule has 0 aliphatic rings. The summed E-state index contributed by atoms with van der Waals surface area (Å²) in [6.07, 6.45) is 0.126. The number of carbonyl (C=O) groups excluding carboxylic acids is 2. The predicted octanol–water partition coefficient (Wildman–Crippen LogP) is 3.95. The zero-order valence-electron chi connectivity index (χ0n) is 14.3. The fourth-order valence-electron chi connectivity index (χ4n) is 2.54. The van der Waals surface area contributed by atoms with Crippen molar-refractivity contribution in [2.24, 2.45) is 0 Å². The largest absolute Gasteiger partial charge is 0.345 e. The molecule has 3 rings (SSSR count). The zero-order valence-corrected chi connectivity index (χ0v) is 15.1. The fraction of sp³-hybridized carbons (Fsp3) is 0.150. The first-order chi connectivity index (χ1) is 12.6. The van der Waals surface area contributed by atoms with Gasteiger partial charge >= 0.3 is 0 Å². The normalized spacial score (nSPS) is 11.6. The van der Waals surface area contributed by atoms with E-state index in [0.717, 1.165) is 11.3 Å². The average molecular weight is 365 g/mol. The van der Waals surface area contributed by atoms with Gasteiger partial charge in [0.15, 0.2) is 5.13 Å². The van der Waals surface area contributed by atoms with E-state index in [1.807, 2.05) is 60.8 Å². The summed E-state index contributed by atoms with van der Waals surface area (Å²) in [7, 11) is 0. The highest BCUT2D eigenvalue weighted by Gasteiger charge is 2.19. The molecule has 0 spiro atoms. The van der Waals surface area contributed by atoms with Gasteiger partial charge in [-0.15, -0.1) is 11.3 Å². The van der Waals surface area contributed by atoms with Crippen LogP contribution < -0.4 is 10.6 Å². The SMILES string of the molecule is Cc1csc(NC(=O)C[C@H](NC(=O)c2ccccc2)c2ccccc2)n1. The summed E-state index contributed by atoms with van der Waals surface area (Å²) in [5.74, 6) is -0.404. The summed E-state index contributed by atoms with van der Waals surface area (Å²) in [5.41, 5.74) is 2.30. The van der Waals surface area contributed by atoms with Gasteiger partial charge < -0.3 is 10.6 Å². The molecule has 0 aliphatic carbocycles. The smallest absolute Gasteiger partial charge is 0.251 e. The number of carbonyl (C=O) groups is 2. The van der Waals surface area contributed by atoms with Crippen LogP contribution in [0.1, 0.15) is 34.1 Å². The standard InChI is InChI=1S/C20H19N3O2S/c1-14-13-26-20(21-14)23-18(24)12-17(15-8-4-2-5-9-15)22-19(25)16-10-6-3-7-11-16/h2-11,13,17H,12H2,1H3,(H,22,25)(H,21,23,24)/t17-/m0/s1. The number of thiazole rings is 1. The third-order valence-corrected chi connectivity index (χ3v) is 4.67. The van der Waals surface area contributed by atoms with Crippen LogP contribution in [0.25, 0.3) is 0 Å². The lowest BCUT2D eigenvalue weighted by Crippen LogP contribution is -2.31. The van der Waals surface area contributed by atoms with Crippen molar-refractivity contribution in [1.82, 2.24) is 10.3 Å². The highest BCUT2D eigenvalue weighted by molar-refractivity contribution is 7.13. The molecule has 26 heavy (non-hydrogen) atoms. The molecule has 3 aromatic rings. The molecule has 0 aliphatic heterocycles. The number of rotatable bonds is 6. The van der Waals surface area contributed by atoms with E-state index in [2.05, 4.69) is 15.6 Å². The van der Waals surface area contributed by atoms with Crippen LogP contribution in [0.2, 0.25) is 0 Å². The van der Waals surface area contributed by atoms with Crippen molar-refractivity contribution in [3.05, 3.63) is 82.9 Å². The van der Waals surface area contributed by atoms with Gasteiger partial charge in [-0.05, 0) is 24.6 Å². The van der Waals surface area contributed by atoms with Crippen LogP contribution in [0.15, 0.2) is 66.0 Å². The van der Waals surface area contributed by atoms with Crippen LogP contribution >= 0.6 is 11.3 Å².